The van der Waals surface area contributed by atoms with Crippen molar-refractivity contribution < 1.29 is 0 Å². The lowest BCUT2D eigenvalue weighted by Gasteiger charge is -2.11. The van der Waals surface area contributed by atoms with Gasteiger partial charge in [-0.25, -0.2) is 9.97 Å². The normalized spacial score (nSPS) is 13.7. The van der Waals surface area contributed by atoms with Crippen molar-refractivity contribution in [3.05, 3.63) is 76.9 Å². The van der Waals surface area contributed by atoms with Crippen LogP contribution >= 0.6 is 11.3 Å². The van der Waals surface area contributed by atoms with Gasteiger partial charge < -0.3 is 0 Å². The van der Waals surface area contributed by atoms with E-state index in [4.69, 9.17) is 0 Å². The van der Waals surface area contributed by atoms with Crippen LogP contribution in [0, 0.1) is 0 Å². The topological polar surface area (TPSA) is 50.2 Å². The molecule has 5 rings (SSSR count). The summed E-state index contributed by atoms with van der Waals surface area (Å²) >= 11 is 1.80. The van der Waals surface area contributed by atoms with E-state index in [1.165, 1.54) is 34.4 Å². The highest BCUT2D eigenvalue weighted by molar-refractivity contribution is 7.19. The summed E-state index contributed by atoms with van der Waals surface area (Å²) < 4.78 is 0. The van der Waals surface area contributed by atoms with Crippen LogP contribution in [-0.4, -0.2) is 16.2 Å². The summed E-state index contributed by atoms with van der Waals surface area (Å²) in [5, 5.41) is 5.58. The molecule has 0 saturated heterocycles. The van der Waals surface area contributed by atoms with E-state index in [-0.39, 0.29) is 0 Å². The average molecular weight is 385 g/mol. The van der Waals surface area contributed by atoms with Gasteiger partial charge in [-0.3, -0.25) is 5.43 Å². The molecule has 0 saturated carbocycles. The lowest BCUT2D eigenvalue weighted by molar-refractivity contribution is 0.700. The SMILES string of the molecule is C(=NNc1ncnc2sc3c(c12)CCCC3)c1ccc(-c2ccccc2)cc1. The van der Waals surface area contributed by atoms with Crippen molar-refractivity contribution in [1.29, 1.82) is 0 Å². The Hall–Kier alpha value is -3.05. The highest BCUT2D eigenvalue weighted by Gasteiger charge is 2.19. The first-order valence-electron chi connectivity index (χ1n) is 9.58. The molecule has 0 amide bonds. The molecule has 0 atom stereocenters. The van der Waals surface area contributed by atoms with E-state index in [9.17, 15) is 0 Å². The Morgan fingerprint density at radius 3 is 2.54 bits per heavy atom. The number of benzene rings is 2. The molecule has 1 N–H and O–H groups in total. The minimum Gasteiger partial charge on any atom is -0.261 e. The van der Waals surface area contributed by atoms with Gasteiger partial charge in [0.05, 0.1) is 11.6 Å². The quantitative estimate of drug-likeness (QED) is 0.364. The highest BCUT2D eigenvalue weighted by atomic mass is 32.1. The standard InChI is InChI=1S/C23H20N4S/c1-2-6-17(7-3-1)18-12-10-16(11-13-18)14-26-27-22-21-19-8-4-5-9-20(19)28-23(21)25-15-24-22/h1-3,6-7,10-15H,4-5,8-9H2,(H,24,25,27). The number of rotatable bonds is 4. The lowest BCUT2D eigenvalue weighted by atomic mass is 9.97. The van der Waals surface area contributed by atoms with Crippen molar-refractivity contribution in [2.75, 3.05) is 5.43 Å². The van der Waals surface area contributed by atoms with Crippen molar-refractivity contribution in [1.82, 2.24) is 9.97 Å². The van der Waals surface area contributed by atoms with Gasteiger partial charge in [-0.15, -0.1) is 11.3 Å². The van der Waals surface area contributed by atoms with Crippen LogP contribution in [0.1, 0.15) is 28.8 Å². The number of thiophene rings is 1. The van der Waals surface area contributed by atoms with E-state index in [1.54, 1.807) is 17.7 Å². The molecule has 0 fully saturated rings. The van der Waals surface area contributed by atoms with E-state index in [0.717, 1.165) is 34.4 Å². The van der Waals surface area contributed by atoms with E-state index in [0.29, 0.717) is 0 Å². The predicted octanol–water partition coefficient (Wildman–Crippen LogP) is 5.68. The molecule has 0 radical (unpaired) electrons. The van der Waals surface area contributed by atoms with Crippen molar-refractivity contribution in [2.24, 2.45) is 5.10 Å². The number of aromatic nitrogens is 2. The van der Waals surface area contributed by atoms with Gasteiger partial charge in [-0.2, -0.15) is 5.10 Å². The smallest absolute Gasteiger partial charge is 0.158 e. The molecule has 1 aliphatic carbocycles. The van der Waals surface area contributed by atoms with Crippen LogP contribution in [0.15, 0.2) is 66.0 Å². The van der Waals surface area contributed by atoms with Gasteiger partial charge in [0.15, 0.2) is 5.82 Å². The van der Waals surface area contributed by atoms with Crippen LogP contribution in [0.4, 0.5) is 5.82 Å². The third-order valence-corrected chi connectivity index (χ3v) is 6.35. The third-order valence-electron chi connectivity index (χ3n) is 5.15. The molecule has 0 bridgehead atoms. The number of anilines is 1. The second-order valence-electron chi connectivity index (χ2n) is 6.97. The van der Waals surface area contributed by atoms with Crippen molar-refractivity contribution in [2.45, 2.75) is 25.7 Å². The van der Waals surface area contributed by atoms with Crippen LogP contribution in [0.5, 0.6) is 0 Å². The second kappa shape index (κ2) is 7.52. The molecule has 0 aliphatic heterocycles. The summed E-state index contributed by atoms with van der Waals surface area (Å²) in [6.45, 7) is 0. The van der Waals surface area contributed by atoms with Crippen LogP contribution in [0.25, 0.3) is 21.3 Å². The van der Waals surface area contributed by atoms with Crippen LogP contribution in [-0.2, 0) is 12.8 Å². The number of nitrogens with one attached hydrogen (secondary N) is 1. The van der Waals surface area contributed by atoms with E-state index in [1.807, 2.05) is 12.3 Å². The summed E-state index contributed by atoms with van der Waals surface area (Å²) in [4.78, 5) is 11.4. The van der Waals surface area contributed by atoms with Crippen LogP contribution in [0.2, 0.25) is 0 Å². The molecule has 4 aromatic rings. The zero-order valence-corrected chi connectivity index (χ0v) is 16.2. The first kappa shape index (κ1) is 17.1. The Balaban J connectivity index is 1.36. The Labute approximate surface area is 168 Å². The average Bonchev–Trinajstić information content (AvgIpc) is 3.14. The molecule has 2 aromatic carbocycles. The fourth-order valence-electron chi connectivity index (χ4n) is 3.74. The molecule has 28 heavy (non-hydrogen) atoms. The Kier molecular flexibility index (Phi) is 4.59. The number of hydrazone groups is 1. The van der Waals surface area contributed by atoms with Crippen molar-refractivity contribution in [3.63, 3.8) is 0 Å². The van der Waals surface area contributed by atoms with Gasteiger partial charge in [-0.05, 0) is 47.9 Å². The van der Waals surface area contributed by atoms with Gasteiger partial charge in [0.2, 0.25) is 0 Å². The number of hydrogen-bond acceptors (Lipinski definition) is 5. The predicted molar refractivity (Wildman–Crippen MR) is 117 cm³/mol. The minimum absolute atomic E-state index is 0.807. The number of hydrogen-bond donors (Lipinski definition) is 1. The number of aryl methyl sites for hydroxylation is 2. The largest absolute Gasteiger partial charge is 0.261 e. The zero-order chi connectivity index (χ0) is 18.8. The number of nitrogens with zero attached hydrogens (tertiary/aromatic N) is 3. The fraction of sp³-hybridized carbons (Fsp3) is 0.174. The molecule has 4 nitrogen and oxygen atoms in total. The Morgan fingerprint density at radius 1 is 0.893 bits per heavy atom. The van der Waals surface area contributed by atoms with Gasteiger partial charge in [0, 0.05) is 4.88 Å². The fourth-order valence-corrected chi connectivity index (χ4v) is 4.96. The molecular weight excluding hydrogens is 364 g/mol. The molecule has 1 aliphatic rings. The molecule has 138 valence electrons. The maximum Gasteiger partial charge on any atom is 0.158 e. The van der Waals surface area contributed by atoms with Gasteiger partial charge in [0.25, 0.3) is 0 Å². The van der Waals surface area contributed by atoms with E-state index < -0.39 is 0 Å². The van der Waals surface area contributed by atoms with Crippen LogP contribution < -0.4 is 5.43 Å². The van der Waals surface area contributed by atoms with Gasteiger partial charge >= 0.3 is 0 Å². The molecule has 2 aromatic heterocycles. The Bertz CT molecular complexity index is 1130. The van der Waals surface area contributed by atoms with Crippen molar-refractivity contribution >= 4 is 33.6 Å². The minimum atomic E-state index is 0.807. The second-order valence-corrected chi connectivity index (χ2v) is 8.05. The monoisotopic (exact) mass is 384 g/mol. The maximum atomic E-state index is 4.47. The molecule has 5 heteroatoms. The molecule has 0 unspecified atom stereocenters. The first-order valence-corrected chi connectivity index (χ1v) is 10.4. The third kappa shape index (κ3) is 3.29. The maximum absolute atomic E-state index is 4.47. The summed E-state index contributed by atoms with van der Waals surface area (Å²) in [5.74, 6) is 0.807. The zero-order valence-electron chi connectivity index (χ0n) is 15.4. The summed E-state index contributed by atoms with van der Waals surface area (Å²) in [5.41, 5.74) is 8.02. The molecule has 2 heterocycles. The highest BCUT2D eigenvalue weighted by Crippen LogP contribution is 2.38. The molecular formula is C23H20N4S. The number of fused-ring (bicyclic) bond motifs is 3. The van der Waals surface area contributed by atoms with Gasteiger partial charge in [-0.1, -0.05) is 54.6 Å². The molecule has 0 spiro atoms. The first-order chi connectivity index (χ1) is 13.9. The lowest BCUT2D eigenvalue weighted by Crippen LogP contribution is -2.00. The van der Waals surface area contributed by atoms with Crippen molar-refractivity contribution in [3.8, 4) is 11.1 Å². The van der Waals surface area contributed by atoms with E-state index >= 15 is 0 Å². The van der Waals surface area contributed by atoms with Gasteiger partial charge in [0.1, 0.15) is 11.2 Å². The van der Waals surface area contributed by atoms with Crippen LogP contribution in [0.3, 0.4) is 0 Å². The Morgan fingerprint density at radius 2 is 1.68 bits per heavy atom. The van der Waals surface area contributed by atoms with E-state index in [2.05, 4.69) is 69.0 Å². The summed E-state index contributed by atoms with van der Waals surface area (Å²) in [6, 6.07) is 18.8. The summed E-state index contributed by atoms with van der Waals surface area (Å²) in [7, 11) is 0. The summed E-state index contributed by atoms with van der Waals surface area (Å²) in [6.07, 6.45) is 8.24.